The van der Waals surface area contributed by atoms with Crippen LogP contribution in [0.2, 0.25) is 0 Å². The fraction of sp³-hybridized carbons (Fsp3) is 0.667. The van der Waals surface area contributed by atoms with Gasteiger partial charge in [-0.15, -0.1) is 0 Å². The third-order valence-corrected chi connectivity index (χ3v) is 3.72. The van der Waals surface area contributed by atoms with Crippen molar-refractivity contribution in [3.63, 3.8) is 0 Å². The average Bonchev–Trinajstić information content (AvgIpc) is 2.77. The van der Waals surface area contributed by atoms with Gasteiger partial charge in [0.25, 0.3) is 5.91 Å². The smallest absolute Gasteiger partial charge is 0.274 e. The average molecular weight is 249 g/mol. The summed E-state index contributed by atoms with van der Waals surface area (Å²) in [5.41, 5.74) is 2.93. The summed E-state index contributed by atoms with van der Waals surface area (Å²) in [6.45, 7) is 5.03. The summed E-state index contributed by atoms with van der Waals surface area (Å²) in [5, 5.41) is 11.0. The highest BCUT2D eigenvalue weighted by molar-refractivity contribution is 5.94. The van der Waals surface area contributed by atoms with E-state index >= 15 is 0 Å². The Balaban J connectivity index is 1.89. The van der Waals surface area contributed by atoms with Crippen LogP contribution in [0.5, 0.6) is 0 Å². The number of aryl methyl sites for hydroxylation is 1. The molecule has 18 heavy (non-hydrogen) atoms. The molecule has 0 saturated carbocycles. The summed E-state index contributed by atoms with van der Waals surface area (Å²) < 4.78 is 1.87. The number of fused-ring (bicyclic) bond motifs is 1. The lowest BCUT2D eigenvalue weighted by molar-refractivity contribution is 0.0728. The maximum atomic E-state index is 12.5. The highest BCUT2D eigenvalue weighted by Gasteiger charge is 2.27. The standard InChI is InChI=1S/C12H19N5O/c1-16-10-2-3-14-8-9(10)11(15-16)12(18)17-6-4-13-5-7-17/h13-14H,2-8H2,1H3. The molecule has 0 atom stereocenters. The summed E-state index contributed by atoms with van der Waals surface area (Å²) >= 11 is 0. The second-order valence-electron chi connectivity index (χ2n) is 4.87. The summed E-state index contributed by atoms with van der Waals surface area (Å²) in [6.07, 6.45) is 0.952. The molecular weight excluding hydrogens is 230 g/mol. The van der Waals surface area contributed by atoms with Gasteiger partial charge in [-0.05, 0) is 0 Å². The number of carbonyl (C=O) groups is 1. The highest BCUT2D eigenvalue weighted by Crippen LogP contribution is 2.19. The van der Waals surface area contributed by atoms with E-state index in [0.717, 1.165) is 51.3 Å². The fourth-order valence-electron chi connectivity index (χ4n) is 2.71. The van der Waals surface area contributed by atoms with Gasteiger partial charge in [0.15, 0.2) is 5.69 Å². The van der Waals surface area contributed by atoms with Crippen LogP contribution >= 0.6 is 0 Å². The third kappa shape index (κ3) is 1.91. The molecule has 2 N–H and O–H groups in total. The lowest BCUT2D eigenvalue weighted by Crippen LogP contribution is -2.46. The van der Waals surface area contributed by atoms with Crippen molar-refractivity contribution >= 4 is 5.91 Å². The van der Waals surface area contributed by atoms with E-state index in [4.69, 9.17) is 0 Å². The SMILES string of the molecule is Cn1nc(C(=O)N2CCNCC2)c2c1CCNC2. The first kappa shape index (κ1) is 11.7. The number of piperazine rings is 1. The number of nitrogens with zero attached hydrogens (tertiary/aromatic N) is 3. The minimum absolute atomic E-state index is 0.0806. The van der Waals surface area contributed by atoms with Gasteiger partial charge in [0, 0.05) is 64.0 Å². The van der Waals surface area contributed by atoms with Crippen LogP contribution in [-0.4, -0.2) is 53.3 Å². The molecule has 1 aromatic heterocycles. The molecule has 1 fully saturated rings. The molecule has 0 radical (unpaired) electrons. The number of nitrogens with one attached hydrogen (secondary N) is 2. The van der Waals surface area contributed by atoms with Gasteiger partial charge in [0.05, 0.1) is 0 Å². The Morgan fingerprint density at radius 2 is 2.00 bits per heavy atom. The van der Waals surface area contributed by atoms with Crippen molar-refractivity contribution in [2.75, 3.05) is 32.7 Å². The lowest BCUT2D eigenvalue weighted by Gasteiger charge is -2.27. The van der Waals surface area contributed by atoms with E-state index in [2.05, 4.69) is 15.7 Å². The van der Waals surface area contributed by atoms with E-state index in [-0.39, 0.29) is 5.91 Å². The zero-order valence-corrected chi connectivity index (χ0v) is 10.7. The molecule has 0 unspecified atom stereocenters. The van der Waals surface area contributed by atoms with Crippen LogP contribution in [0.4, 0.5) is 0 Å². The van der Waals surface area contributed by atoms with Crippen LogP contribution in [-0.2, 0) is 20.0 Å². The molecule has 1 aromatic rings. The molecule has 6 heteroatoms. The van der Waals surface area contributed by atoms with Crippen LogP contribution in [0.15, 0.2) is 0 Å². The van der Waals surface area contributed by atoms with E-state index in [9.17, 15) is 4.79 Å². The maximum Gasteiger partial charge on any atom is 0.274 e. The number of amides is 1. The Morgan fingerprint density at radius 1 is 1.22 bits per heavy atom. The molecule has 2 aliphatic heterocycles. The molecule has 0 aliphatic carbocycles. The van der Waals surface area contributed by atoms with Crippen LogP contribution in [0.25, 0.3) is 0 Å². The lowest BCUT2D eigenvalue weighted by atomic mass is 10.1. The molecule has 1 saturated heterocycles. The molecule has 0 aromatic carbocycles. The van der Waals surface area contributed by atoms with Gasteiger partial charge in [-0.3, -0.25) is 9.48 Å². The molecule has 1 amide bonds. The molecule has 6 nitrogen and oxygen atoms in total. The number of aromatic nitrogens is 2. The molecule has 2 aliphatic rings. The molecule has 3 rings (SSSR count). The maximum absolute atomic E-state index is 12.5. The first-order valence-electron chi connectivity index (χ1n) is 6.53. The van der Waals surface area contributed by atoms with Gasteiger partial charge in [-0.25, -0.2) is 0 Å². The monoisotopic (exact) mass is 249 g/mol. The highest BCUT2D eigenvalue weighted by atomic mass is 16.2. The predicted molar refractivity (Wildman–Crippen MR) is 67.4 cm³/mol. The topological polar surface area (TPSA) is 62.2 Å². The Bertz CT molecular complexity index is 461. The van der Waals surface area contributed by atoms with Crippen molar-refractivity contribution in [1.82, 2.24) is 25.3 Å². The predicted octanol–water partition coefficient (Wildman–Crippen LogP) is -0.889. The van der Waals surface area contributed by atoms with Crippen LogP contribution in [0.3, 0.4) is 0 Å². The van der Waals surface area contributed by atoms with E-state index in [0.29, 0.717) is 5.69 Å². The largest absolute Gasteiger partial charge is 0.335 e. The van der Waals surface area contributed by atoms with Crippen LogP contribution < -0.4 is 10.6 Å². The number of hydrogen-bond donors (Lipinski definition) is 2. The van der Waals surface area contributed by atoms with E-state index in [1.54, 1.807) is 0 Å². The quantitative estimate of drug-likeness (QED) is 0.678. The minimum atomic E-state index is 0.0806. The summed E-state index contributed by atoms with van der Waals surface area (Å²) in [5.74, 6) is 0.0806. The van der Waals surface area contributed by atoms with Gasteiger partial charge in [0.1, 0.15) is 0 Å². The first-order chi connectivity index (χ1) is 8.77. The van der Waals surface area contributed by atoms with Crippen molar-refractivity contribution < 1.29 is 4.79 Å². The zero-order valence-electron chi connectivity index (χ0n) is 10.7. The molecule has 3 heterocycles. The molecule has 0 bridgehead atoms. The van der Waals surface area contributed by atoms with Crippen molar-refractivity contribution in [3.05, 3.63) is 17.0 Å². The van der Waals surface area contributed by atoms with Crippen molar-refractivity contribution in [3.8, 4) is 0 Å². The Hall–Kier alpha value is -1.40. The van der Waals surface area contributed by atoms with Gasteiger partial charge in [-0.1, -0.05) is 0 Å². The van der Waals surface area contributed by atoms with Crippen LogP contribution in [0, 0.1) is 0 Å². The fourth-order valence-corrected chi connectivity index (χ4v) is 2.71. The van der Waals surface area contributed by atoms with E-state index in [1.807, 2.05) is 16.6 Å². The summed E-state index contributed by atoms with van der Waals surface area (Å²) in [4.78, 5) is 14.4. The first-order valence-corrected chi connectivity index (χ1v) is 6.53. The Kier molecular flexibility index (Phi) is 3.05. The van der Waals surface area contributed by atoms with Gasteiger partial charge < -0.3 is 15.5 Å². The summed E-state index contributed by atoms with van der Waals surface area (Å²) in [7, 11) is 1.93. The van der Waals surface area contributed by atoms with Gasteiger partial charge in [-0.2, -0.15) is 5.10 Å². The normalized spacial score (nSPS) is 19.7. The van der Waals surface area contributed by atoms with Crippen molar-refractivity contribution in [2.24, 2.45) is 7.05 Å². The zero-order chi connectivity index (χ0) is 12.5. The van der Waals surface area contributed by atoms with Crippen molar-refractivity contribution in [1.29, 1.82) is 0 Å². The molecular formula is C12H19N5O. The van der Waals surface area contributed by atoms with Crippen LogP contribution in [0.1, 0.15) is 21.7 Å². The Labute approximate surface area is 106 Å². The van der Waals surface area contributed by atoms with Gasteiger partial charge in [0.2, 0.25) is 0 Å². The number of rotatable bonds is 1. The van der Waals surface area contributed by atoms with E-state index < -0.39 is 0 Å². The number of carbonyl (C=O) groups excluding carboxylic acids is 1. The van der Waals surface area contributed by atoms with Crippen molar-refractivity contribution in [2.45, 2.75) is 13.0 Å². The van der Waals surface area contributed by atoms with Gasteiger partial charge >= 0.3 is 0 Å². The molecule has 0 spiro atoms. The Morgan fingerprint density at radius 3 is 2.78 bits per heavy atom. The second kappa shape index (κ2) is 4.70. The summed E-state index contributed by atoms with van der Waals surface area (Å²) in [6, 6.07) is 0. The second-order valence-corrected chi connectivity index (χ2v) is 4.87. The van der Waals surface area contributed by atoms with E-state index in [1.165, 1.54) is 5.69 Å². The minimum Gasteiger partial charge on any atom is -0.335 e. The third-order valence-electron chi connectivity index (χ3n) is 3.72. The number of hydrogen-bond acceptors (Lipinski definition) is 4. The molecule has 98 valence electrons.